The van der Waals surface area contributed by atoms with Crippen LogP contribution in [0.2, 0.25) is 5.02 Å². The number of carbonyl (C=O) groups is 2. The molecular weight excluding hydrogens is 845 g/mol. The van der Waals surface area contributed by atoms with Gasteiger partial charge in [-0.3, -0.25) is 29.5 Å². The summed E-state index contributed by atoms with van der Waals surface area (Å²) in [4.78, 5) is 39.5. The number of aromatic nitrogens is 4. The van der Waals surface area contributed by atoms with Crippen LogP contribution in [0.15, 0.2) is 79.4 Å². The van der Waals surface area contributed by atoms with Gasteiger partial charge in [-0.05, 0) is 79.3 Å². The zero-order chi connectivity index (χ0) is 43.1. The highest BCUT2D eigenvalue weighted by molar-refractivity contribution is 7.90. The number of nitrogens with zero attached hydrogens (tertiary/aromatic N) is 8. The van der Waals surface area contributed by atoms with Gasteiger partial charge < -0.3 is 9.80 Å². The number of nitrogens with one attached hydrogen (secondary N) is 2. The number of hydrogen-bond acceptors (Lipinski definition) is 10. The third-order valence-electron chi connectivity index (χ3n) is 12.2. The summed E-state index contributed by atoms with van der Waals surface area (Å²) in [5.74, 6) is -0.873. The van der Waals surface area contributed by atoms with E-state index in [-0.39, 0.29) is 58.4 Å². The Bertz CT molecular complexity index is 2580. The van der Waals surface area contributed by atoms with Crippen LogP contribution in [0.1, 0.15) is 37.2 Å². The van der Waals surface area contributed by atoms with Crippen LogP contribution in [-0.4, -0.2) is 114 Å². The van der Waals surface area contributed by atoms with Crippen molar-refractivity contribution in [3.8, 4) is 28.1 Å². The number of alkyl halides is 1. The number of rotatable bonds is 11. The predicted molar refractivity (Wildman–Crippen MR) is 229 cm³/mol. The van der Waals surface area contributed by atoms with Gasteiger partial charge in [0.2, 0.25) is 11.8 Å². The summed E-state index contributed by atoms with van der Waals surface area (Å²) in [5, 5.41) is 7.13. The Morgan fingerprint density at radius 2 is 1.63 bits per heavy atom. The van der Waals surface area contributed by atoms with Crippen molar-refractivity contribution >= 4 is 50.8 Å². The first-order chi connectivity index (χ1) is 29.9. The van der Waals surface area contributed by atoms with Gasteiger partial charge in [-0.15, -0.1) is 0 Å². The number of carbonyl (C=O) groups excluding carboxylic acids is 2. The first kappa shape index (κ1) is 41.8. The minimum atomic E-state index is -4.25. The molecule has 2 aromatic carbocycles. The van der Waals surface area contributed by atoms with Crippen LogP contribution in [0.3, 0.4) is 0 Å². The molecule has 19 heteroatoms. The average Bonchev–Trinajstić information content (AvgIpc) is 3.69. The number of amides is 2. The molecule has 1 atom stereocenters. The van der Waals surface area contributed by atoms with E-state index in [1.807, 2.05) is 18.2 Å². The molecule has 7 heterocycles. The van der Waals surface area contributed by atoms with E-state index in [9.17, 15) is 22.4 Å². The fourth-order valence-electron chi connectivity index (χ4n) is 8.64. The summed E-state index contributed by atoms with van der Waals surface area (Å²) in [6.45, 7) is 5.22. The lowest BCUT2D eigenvalue weighted by Crippen LogP contribution is -2.53. The molecule has 9 rings (SSSR count). The van der Waals surface area contributed by atoms with Gasteiger partial charge in [0, 0.05) is 118 Å². The summed E-state index contributed by atoms with van der Waals surface area (Å²) in [7, 11) is -4.25. The van der Waals surface area contributed by atoms with E-state index in [2.05, 4.69) is 39.8 Å². The lowest BCUT2D eigenvalue weighted by atomic mass is 9.91. The molecule has 0 spiro atoms. The Hall–Kier alpha value is -5.56. The fourth-order valence-corrected chi connectivity index (χ4v) is 10.1. The summed E-state index contributed by atoms with van der Waals surface area (Å²) >= 11 is 6.40. The van der Waals surface area contributed by atoms with Gasteiger partial charge in [-0.2, -0.15) is 17.8 Å². The van der Waals surface area contributed by atoms with E-state index >= 15 is 8.78 Å². The van der Waals surface area contributed by atoms with E-state index < -0.39 is 33.7 Å². The number of imide groups is 1. The Kier molecular flexibility index (Phi) is 11.7. The number of benzene rings is 2. The van der Waals surface area contributed by atoms with Gasteiger partial charge in [-0.1, -0.05) is 17.7 Å². The third-order valence-corrected chi connectivity index (χ3v) is 13.8. The predicted octanol–water partition coefficient (Wildman–Crippen LogP) is 5.80. The van der Waals surface area contributed by atoms with Crippen molar-refractivity contribution in [2.24, 2.45) is 5.92 Å². The van der Waals surface area contributed by atoms with E-state index in [4.69, 9.17) is 11.6 Å². The van der Waals surface area contributed by atoms with Gasteiger partial charge in [-0.25, -0.2) is 22.8 Å². The van der Waals surface area contributed by atoms with Gasteiger partial charge in [0.1, 0.15) is 23.4 Å². The maximum Gasteiger partial charge on any atom is 0.301 e. The molecule has 4 aliphatic rings. The van der Waals surface area contributed by atoms with E-state index in [0.29, 0.717) is 24.3 Å². The lowest BCUT2D eigenvalue weighted by Gasteiger charge is -2.40. The van der Waals surface area contributed by atoms with Crippen molar-refractivity contribution in [1.82, 2.24) is 34.3 Å². The molecule has 5 aromatic rings. The molecule has 0 aliphatic carbocycles. The minimum absolute atomic E-state index is 0.0331. The molecule has 0 unspecified atom stereocenters. The van der Waals surface area contributed by atoms with E-state index in [1.165, 1.54) is 23.0 Å². The van der Waals surface area contributed by atoms with Crippen LogP contribution in [0.25, 0.3) is 28.1 Å². The average molecular weight is 889 g/mol. The lowest BCUT2D eigenvalue weighted by molar-refractivity contribution is -0.134. The van der Waals surface area contributed by atoms with Crippen LogP contribution in [-0.2, 0) is 19.8 Å². The van der Waals surface area contributed by atoms with Crippen LogP contribution in [0.4, 0.5) is 30.4 Å². The van der Waals surface area contributed by atoms with Gasteiger partial charge in [0.05, 0.1) is 11.6 Å². The summed E-state index contributed by atoms with van der Waals surface area (Å²) < 4.78 is 75.9. The van der Waals surface area contributed by atoms with Gasteiger partial charge in [0.15, 0.2) is 11.6 Å². The summed E-state index contributed by atoms with van der Waals surface area (Å²) in [5.41, 5.74) is 2.26. The van der Waals surface area contributed by atoms with Crippen molar-refractivity contribution in [1.29, 1.82) is 0 Å². The topological polar surface area (TPSA) is 149 Å². The monoisotopic (exact) mass is 888 g/mol. The molecule has 4 aliphatic heterocycles. The number of anilines is 3. The fraction of sp³-hybridized carbons (Fsp3) is 0.372. The van der Waals surface area contributed by atoms with Crippen LogP contribution < -0.4 is 19.8 Å². The zero-order valence-corrected chi connectivity index (χ0v) is 35.1. The maximum absolute atomic E-state index is 16.3. The maximum atomic E-state index is 16.3. The first-order valence-electron chi connectivity index (χ1n) is 20.6. The van der Waals surface area contributed by atoms with Crippen molar-refractivity contribution in [2.75, 3.05) is 73.4 Å². The second-order valence-electron chi connectivity index (χ2n) is 16.2. The summed E-state index contributed by atoms with van der Waals surface area (Å²) in [6.07, 6.45) is 7.93. The molecule has 324 valence electrons. The molecule has 3 aromatic heterocycles. The van der Waals surface area contributed by atoms with E-state index in [1.54, 1.807) is 36.8 Å². The second-order valence-corrected chi connectivity index (χ2v) is 18.3. The molecule has 0 radical (unpaired) electrons. The standard InChI is InChI=1S/C43H44ClF3N10O4S/c44-30-19-34(41(47)37(20-30)52-62(60,61)56-24-31(45)25-56)35-26-57(51-42(35)28-7-11-48-12-8-28)38-4-2-32(21-36(38)46)54-17-15-53(16-18-54)23-27-9-13-55(14-10-27)39-5-1-29(22-49-39)33-3-6-40(58)50-43(33)59/h1-2,4-5,7-8,11-12,19-22,26-27,31,33,52H,3,6,9-10,13-18,23-25H2,(H,50,58,59)/t33-/m1/s1. The zero-order valence-electron chi connectivity index (χ0n) is 33.6. The largest absolute Gasteiger partial charge is 0.369 e. The van der Waals surface area contributed by atoms with Gasteiger partial charge >= 0.3 is 10.2 Å². The molecule has 4 saturated heterocycles. The highest BCUT2D eigenvalue weighted by atomic mass is 35.5. The molecule has 62 heavy (non-hydrogen) atoms. The Balaban J connectivity index is 0.839. The number of piperazine rings is 1. The van der Waals surface area contributed by atoms with E-state index in [0.717, 1.165) is 86.1 Å². The van der Waals surface area contributed by atoms with Crippen molar-refractivity contribution < 1.29 is 31.2 Å². The second kappa shape index (κ2) is 17.3. The Morgan fingerprint density at radius 3 is 2.31 bits per heavy atom. The molecule has 0 bridgehead atoms. The SMILES string of the molecule is O=C1CC[C@H](c2ccc(N3CCC(CN4CCN(c5ccc(-n6cc(-c7cc(Cl)cc(NS(=O)(=O)N8CC(F)C8)c7F)c(-c7ccncc7)n6)c(F)c5)CC4)CC3)nc2)C(=O)N1. The molecule has 2 N–H and O–H groups in total. The number of piperidine rings is 2. The molecule has 0 saturated carbocycles. The smallest absolute Gasteiger partial charge is 0.301 e. The molecule has 4 fully saturated rings. The molecule has 2 amide bonds. The van der Waals surface area contributed by atoms with Crippen LogP contribution in [0, 0.1) is 17.6 Å². The minimum Gasteiger partial charge on any atom is -0.369 e. The van der Waals surface area contributed by atoms with Crippen LogP contribution in [0.5, 0.6) is 0 Å². The Labute approximate surface area is 361 Å². The number of pyridine rings is 2. The highest BCUT2D eigenvalue weighted by Gasteiger charge is 2.37. The van der Waals surface area contributed by atoms with Crippen molar-refractivity contribution in [2.45, 2.75) is 37.8 Å². The molecule has 14 nitrogen and oxygen atoms in total. The first-order valence-corrected chi connectivity index (χ1v) is 22.4. The third kappa shape index (κ3) is 8.73. The van der Waals surface area contributed by atoms with Crippen molar-refractivity contribution in [3.05, 3.63) is 102 Å². The van der Waals surface area contributed by atoms with Crippen molar-refractivity contribution in [3.63, 3.8) is 0 Å². The number of halogens is 4. The Morgan fingerprint density at radius 1 is 0.871 bits per heavy atom. The highest BCUT2D eigenvalue weighted by Crippen LogP contribution is 2.39. The quantitative estimate of drug-likeness (QED) is 0.156. The van der Waals surface area contributed by atoms with Gasteiger partial charge in [0.25, 0.3) is 0 Å². The molecular formula is C43H44ClF3N10O4S. The van der Waals surface area contributed by atoms with Crippen LogP contribution >= 0.6 is 11.6 Å². The number of hydrogen-bond donors (Lipinski definition) is 2. The normalized spacial score (nSPS) is 19.7. The summed E-state index contributed by atoms with van der Waals surface area (Å²) in [6, 6.07) is 14.7.